The second-order valence-electron chi connectivity index (χ2n) is 5.30. The molecule has 0 aliphatic rings. The largest absolute Gasteiger partial charge is 0.507 e. The number of phenols is 1. The molecule has 0 bridgehead atoms. The molecule has 23 heavy (non-hydrogen) atoms. The van der Waals surface area contributed by atoms with Crippen LogP contribution in [0.5, 0.6) is 5.75 Å². The number of aliphatic carboxylic acids is 2. The lowest BCUT2D eigenvalue weighted by Gasteiger charge is -2.11. The number of hydrogen-bond acceptors (Lipinski definition) is 3. The van der Waals surface area contributed by atoms with Crippen molar-refractivity contribution in [2.24, 2.45) is 0 Å². The van der Waals surface area contributed by atoms with E-state index in [1.165, 1.54) is 6.07 Å². The second-order valence-corrected chi connectivity index (χ2v) is 5.30. The van der Waals surface area contributed by atoms with E-state index in [2.05, 4.69) is 13.2 Å². The topological polar surface area (TPSA) is 94.8 Å². The van der Waals surface area contributed by atoms with Gasteiger partial charge >= 0.3 is 11.9 Å². The Hall–Kier alpha value is -3.08. The summed E-state index contributed by atoms with van der Waals surface area (Å²) in [5.41, 5.74) is 1.34. The molecule has 2 aromatic rings. The zero-order valence-corrected chi connectivity index (χ0v) is 12.4. The van der Waals surface area contributed by atoms with Crippen molar-refractivity contribution in [1.82, 2.24) is 0 Å². The molecule has 0 fully saturated rings. The van der Waals surface area contributed by atoms with Gasteiger partial charge in [0.1, 0.15) is 5.75 Å². The minimum Gasteiger partial charge on any atom is -0.507 e. The fraction of sp³-hybridized carbons (Fsp3) is 0.111. The molecule has 0 saturated carbocycles. The van der Waals surface area contributed by atoms with E-state index >= 15 is 0 Å². The predicted octanol–water partition coefficient (Wildman–Crippen LogP) is 2.91. The summed E-state index contributed by atoms with van der Waals surface area (Å²) >= 11 is 0. The first-order valence-electron chi connectivity index (χ1n) is 6.85. The van der Waals surface area contributed by atoms with Crippen LogP contribution in [0.3, 0.4) is 0 Å². The first-order chi connectivity index (χ1) is 10.8. The van der Waals surface area contributed by atoms with Gasteiger partial charge in [0.05, 0.1) is 0 Å². The van der Waals surface area contributed by atoms with Gasteiger partial charge in [-0.05, 0) is 22.6 Å². The average Bonchev–Trinajstić information content (AvgIpc) is 2.47. The number of phenolic OH excluding ortho intramolecular Hbond substituents is 1. The van der Waals surface area contributed by atoms with Crippen LogP contribution in [-0.4, -0.2) is 27.3 Å². The van der Waals surface area contributed by atoms with Crippen molar-refractivity contribution in [3.8, 4) is 5.75 Å². The average molecular weight is 312 g/mol. The zero-order chi connectivity index (χ0) is 17.1. The smallest absolute Gasteiger partial charge is 0.331 e. The third-order valence-electron chi connectivity index (χ3n) is 3.55. The molecule has 2 aromatic carbocycles. The van der Waals surface area contributed by atoms with Crippen molar-refractivity contribution in [3.63, 3.8) is 0 Å². The molecule has 0 aromatic heterocycles. The molecule has 118 valence electrons. The number of hydrogen-bond donors (Lipinski definition) is 3. The van der Waals surface area contributed by atoms with Crippen LogP contribution in [0.1, 0.15) is 11.1 Å². The summed E-state index contributed by atoms with van der Waals surface area (Å²) in [6, 6.07) is 8.43. The summed E-state index contributed by atoms with van der Waals surface area (Å²) in [5, 5.41) is 29.3. The SMILES string of the molecule is C=C(Cc1cc(O)c2cccc(CC(=C)C(=O)O)c2c1)C(=O)O. The van der Waals surface area contributed by atoms with E-state index < -0.39 is 11.9 Å². The van der Waals surface area contributed by atoms with E-state index in [0.717, 1.165) is 0 Å². The molecule has 0 saturated heterocycles. The van der Waals surface area contributed by atoms with Gasteiger partial charge in [-0.3, -0.25) is 0 Å². The number of carboxylic acid groups (broad SMARTS) is 2. The zero-order valence-electron chi connectivity index (χ0n) is 12.4. The predicted molar refractivity (Wildman–Crippen MR) is 86.6 cm³/mol. The van der Waals surface area contributed by atoms with Crippen LogP contribution < -0.4 is 0 Å². The maximum Gasteiger partial charge on any atom is 0.331 e. The lowest BCUT2D eigenvalue weighted by atomic mass is 9.95. The lowest BCUT2D eigenvalue weighted by Crippen LogP contribution is -2.04. The van der Waals surface area contributed by atoms with Crippen molar-refractivity contribution in [3.05, 3.63) is 65.8 Å². The van der Waals surface area contributed by atoms with E-state index in [1.54, 1.807) is 24.3 Å². The molecule has 0 spiro atoms. The van der Waals surface area contributed by atoms with E-state index in [0.29, 0.717) is 21.9 Å². The van der Waals surface area contributed by atoms with Crippen molar-refractivity contribution in [2.75, 3.05) is 0 Å². The molecule has 0 aliphatic carbocycles. The summed E-state index contributed by atoms with van der Waals surface area (Å²) < 4.78 is 0. The number of carbonyl (C=O) groups is 2. The maximum absolute atomic E-state index is 11.0. The van der Waals surface area contributed by atoms with Gasteiger partial charge < -0.3 is 15.3 Å². The monoisotopic (exact) mass is 312 g/mol. The van der Waals surface area contributed by atoms with Crippen molar-refractivity contribution in [1.29, 1.82) is 0 Å². The highest BCUT2D eigenvalue weighted by Gasteiger charge is 2.12. The van der Waals surface area contributed by atoms with Gasteiger partial charge in [-0.25, -0.2) is 9.59 Å². The molecule has 0 radical (unpaired) electrons. The summed E-state index contributed by atoms with van der Waals surface area (Å²) in [5.74, 6) is -2.17. The van der Waals surface area contributed by atoms with Gasteiger partial charge in [-0.2, -0.15) is 0 Å². The first-order valence-corrected chi connectivity index (χ1v) is 6.85. The summed E-state index contributed by atoms with van der Waals surface area (Å²) in [6.45, 7) is 7.00. The molecular weight excluding hydrogens is 296 g/mol. The van der Waals surface area contributed by atoms with Gasteiger partial charge in [0.2, 0.25) is 0 Å². The van der Waals surface area contributed by atoms with Crippen LogP contribution in [0, 0.1) is 0 Å². The summed E-state index contributed by atoms with van der Waals surface area (Å²) in [4.78, 5) is 21.9. The minimum atomic E-state index is -1.10. The van der Waals surface area contributed by atoms with Crippen molar-refractivity contribution >= 4 is 22.7 Å². The van der Waals surface area contributed by atoms with Gasteiger partial charge in [0.25, 0.3) is 0 Å². The van der Waals surface area contributed by atoms with Crippen molar-refractivity contribution < 1.29 is 24.9 Å². The summed E-state index contributed by atoms with van der Waals surface area (Å²) in [7, 11) is 0. The van der Waals surface area contributed by atoms with E-state index in [4.69, 9.17) is 10.2 Å². The van der Waals surface area contributed by atoms with Crippen molar-refractivity contribution in [2.45, 2.75) is 12.8 Å². The highest BCUT2D eigenvalue weighted by atomic mass is 16.4. The molecule has 3 N–H and O–H groups in total. The molecule has 0 atom stereocenters. The first kappa shape index (κ1) is 16.3. The minimum absolute atomic E-state index is 0.0103. The Labute approximate surface area is 132 Å². The third-order valence-corrected chi connectivity index (χ3v) is 3.55. The van der Waals surface area contributed by atoms with Gasteiger partial charge in [0, 0.05) is 29.4 Å². The summed E-state index contributed by atoms with van der Waals surface area (Å²) in [6.07, 6.45) is 0.225. The van der Waals surface area contributed by atoms with Crippen LogP contribution in [0.2, 0.25) is 0 Å². The lowest BCUT2D eigenvalue weighted by molar-refractivity contribution is -0.133. The fourth-order valence-corrected chi connectivity index (χ4v) is 2.37. The van der Waals surface area contributed by atoms with Crippen LogP contribution >= 0.6 is 0 Å². The van der Waals surface area contributed by atoms with Gasteiger partial charge in [0.15, 0.2) is 0 Å². The van der Waals surface area contributed by atoms with Crippen LogP contribution in [-0.2, 0) is 22.4 Å². The standard InChI is InChI=1S/C18H16O5/c1-10(17(20)21)6-12-8-15-13(7-11(2)18(22)23)4-3-5-14(15)16(19)9-12/h3-5,8-9,19H,1-2,6-7H2,(H,20,21)(H,22,23). The molecule has 0 unspecified atom stereocenters. The Bertz CT molecular complexity index is 833. The van der Waals surface area contributed by atoms with Gasteiger partial charge in [-0.15, -0.1) is 0 Å². The molecule has 2 rings (SSSR count). The highest BCUT2D eigenvalue weighted by Crippen LogP contribution is 2.31. The number of aromatic hydroxyl groups is 1. The quantitative estimate of drug-likeness (QED) is 0.713. The third kappa shape index (κ3) is 3.58. The Balaban J connectivity index is 2.51. The molecule has 0 heterocycles. The Morgan fingerprint density at radius 1 is 0.913 bits per heavy atom. The molecule has 5 nitrogen and oxygen atoms in total. The number of fused-ring (bicyclic) bond motifs is 1. The second kappa shape index (κ2) is 6.36. The van der Waals surface area contributed by atoms with Gasteiger partial charge in [-0.1, -0.05) is 37.4 Å². The van der Waals surface area contributed by atoms with E-state index in [9.17, 15) is 14.7 Å². The van der Waals surface area contributed by atoms with E-state index in [-0.39, 0.29) is 29.7 Å². The Kier molecular flexibility index (Phi) is 4.50. The van der Waals surface area contributed by atoms with Crippen LogP contribution in [0.25, 0.3) is 10.8 Å². The molecule has 0 amide bonds. The molecule has 5 heteroatoms. The number of rotatable bonds is 6. The molecular formula is C18H16O5. The number of benzene rings is 2. The van der Waals surface area contributed by atoms with E-state index in [1.807, 2.05) is 0 Å². The maximum atomic E-state index is 11.0. The van der Waals surface area contributed by atoms with Crippen LogP contribution in [0.15, 0.2) is 54.6 Å². The Morgan fingerprint density at radius 3 is 2.13 bits per heavy atom. The normalized spacial score (nSPS) is 10.4. The highest BCUT2D eigenvalue weighted by molar-refractivity contribution is 5.94. The fourth-order valence-electron chi connectivity index (χ4n) is 2.37. The molecule has 0 aliphatic heterocycles. The van der Waals surface area contributed by atoms with Crippen LogP contribution in [0.4, 0.5) is 0 Å². The Morgan fingerprint density at radius 2 is 1.52 bits per heavy atom. The number of carboxylic acids is 2.